The summed E-state index contributed by atoms with van der Waals surface area (Å²) in [5, 5.41) is 2.05. The van der Waals surface area contributed by atoms with Gasteiger partial charge < -0.3 is 4.74 Å². The highest BCUT2D eigenvalue weighted by molar-refractivity contribution is 7.88. The van der Waals surface area contributed by atoms with Gasteiger partial charge >= 0.3 is 0 Å². The third-order valence-electron chi connectivity index (χ3n) is 4.32. The summed E-state index contributed by atoms with van der Waals surface area (Å²) in [6.45, 7) is 1.79. The molecule has 3 rings (SSSR count). The fourth-order valence-corrected chi connectivity index (χ4v) is 5.16. The fourth-order valence-electron chi connectivity index (χ4n) is 2.95. The lowest BCUT2D eigenvalue weighted by atomic mass is 9.79. The van der Waals surface area contributed by atoms with Gasteiger partial charge in [0.1, 0.15) is 0 Å². The van der Waals surface area contributed by atoms with E-state index in [9.17, 15) is 8.42 Å². The van der Waals surface area contributed by atoms with Crippen molar-refractivity contribution in [2.45, 2.75) is 24.0 Å². The van der Waals surface area contributed by atoms with Crippen LogP contribution in [0.2, 0.25) is 0 Å². The number of sulfonamides is 1. The standard InChI is InChI=1S/C17H21NO3S2/c19-23(20,13-15-5-2-1-3-6-15)18-14-17(8-10-21-11-9-17)16-7-4-12-22-16/h1-7,12,18H,8-11,13-14H2. The molecule has 4 nitrogen and oxygen atoms in total. The molecular formula is C17H21NO3S2. The van der Waals surface area contributed by atoms with E-state index in [0.29, 0.717) is 19.8 Å². The van der Waals surface area contributed by atoms with E-state index in [-0.39, 0.29) is 11.2 Å². The smallest absolute Gasteiger partial charge is 0.215 e. The van der Waals surface area contributed by atoms with Crippen LogP contribution in [0.1, 0.15) is 23.3 Å². The first kappa shape index (κ1) is 16.6. The van der Waals surface area contributed by atoms with Crippen molar-refractivity contribution >= 4 is 21.4 Å². The van der Waals surface area contributed by atoms with Crippen LogP contribution in [-0.2, 0) is 25.9 Å². The molecule has 1 aliphatic rings. The molecule has 0 aliphatic carbocycles. The van der Waals surface area contributed by atoms with Gasteiger partial charge in [0.2, 0.25) is 10.0 Å². The van der Waals surface area contributed by atoms with Crippen molar-refractivity contribution in [3.8, 4) is 0 Å². The molecule has 0 unspecified atom stereocenters. The van der Waals surface area contributed by atoms with Crippen molar-refractivity contribution in [2.75, 3.05) is 19.8 Å². The lowest BCUT2D eigenvalue weighted by molar-refractivity contribution is 0.0529. The average molecular weight is 351 g/mol. The van der Waals surface area contributed by atoms with Crippen molar-refractivity contribution in [2.24, 2.45) is 0 Å². The number of nitrogens with one attached hydrogen (secondary N) is 1. The van der Waals surface area contributed by atoms with Crippen LogP contribution in [0.4, 0.5) is 0 Å². The van der Waals surface area contributed by atoms with Gasteiger partial charge in [-0.2, -0.15) is 0 Å². The number of thiophene rings is 1. The van der Waals surface area contributed by atoms with Gasteiger partial charge in [0.25, 0.3) is 0 Å². The Hall–Kier alpha value is -1.21. The largest absolute Gasteiger partial charge is 0.381 e. The second-order valence-electron chi connectivity index (χ2n) is 5.94. The third-order valence-corrected chi connectivity index (χ3v) is 6.74. The summed E-state index contributed by atoms with van der Waals surface area (Å²) < 4.78 is 33.1. The molecule has 124 valence electrons. The van der Waals surface area contributed by atoms with Gasteiger partial charge in [0.15, 0.2) is 0 Å². The van der Waals surface area contributed by atoms with E-state index >= 15 is 0 Å². The Morgan fingerprint density at radius 3 is 2.48 bits per heavy atom. The van der Waals surface area contributed by atoms with Gasteiger partial charge in [-0.05, 0) is 29.9 Å². The minimum Gasteiger partial charge on any atom is -0.381 e. The average Bonchev–Trinajstić information content (AvgIpc) is 3.10. The maximum atomic E-state index is 12.4. The molecule has 0 bridgehead atoms. The quantitative estimate of drug-likeness (QED) is 0.871. The van der Waals surface area contributed by atoms with Crippen LogP contribution in [0.15, 0.2) is 47.8 Å². The summed E-state index contributed by atoms with van der Waals surface area (Å²) >= 11 is 1.69. The van der Waals surface area contributed by atoms with Crippen LogP contribution in [0.3, 0.4) is 0 Å². The summed E-state index contributed by atoms with van der Waals surface area (Å²) in [5.74, 6) is 0.0187. The molecule has 0 atom stereocenters. The Balaban J connectivity index is 1.71. The maximum Gasteiger partial charge on any atom is 0.215 e. The van der Waals surface area contributed by atoms with Crippen LogP contribution in [0, 0.1) is 0 Å². The monoisotopic (exact) mass is 351 g/mol. The number of ether oxygens (including phenoxy) is 1. The van der Waals surface area contributed by atoms with Gasteiger partial charge in [-0.3, -0.25) is 0 Å². The van der Waals surface area contributed by atoms with E-state index in [1.54, 1.807) is 11.3 Å². The van der Waals surface area contributed by atoms with Gasteiger partial charge in [-0.25, -0.2) is 13.1 Å². The van der Waals surface area contributed by atoms with Crippen molar-refractivity contribution < 1.29 is 13.2 Å². The van der Waals surface area contributed by atoms with Crippen LogP contribution in [0.5, 0.6) is 0 Å². The Bertz CT molecular complexity index is 706. The molecule has 2 aromatic rings. The molecule has 23 heavy (non-hydrogen) atoms. The molecule has 0 saturated carbocycles. The summed E-state index contributed by atoms with van der Waals surface area (Å²) in [6, 6.07) is 13.4. The highest BCUT2D eigenvalue weighted by Gasteiger charge is 2.36. The first-order valence-corrected chi connectivity index (χ1v) is 10.3. The molecule has 1 saturated heterocycles. The van der Waals surface area contributed by atoms with E-state index in [1.165, 1.54) is 4.88 Å². The Labute approximate surface area is 141 Å². The summed E-state index contributed by atoms with van der Waals surface area (Å²) in [6.07, 6.45) is 1.70. The van der Waals surface area contributed by atoms with Gasteiger partial charge in [-0.1, -0.05) is 36.4 Å². The molecule has 0 amide bonds. The Morgan fingerprint density at radius 2 is 1.83 bits per heavy atom. The van der Waals surface area contributed by atoms with E-state index < -0.39 is 10.0 Å². The van der Waals surface area contributed by atoms with Gasteiger partial charge in [-0.15, -0.1) is 11.3 Å². The second kappa shape index (κ2) is 7.13. The zero-order valence-corrected chi connectivity index (χ0v) is 14.5. The Morgan fingerprint density at radius 1 is 1.09 bits per heavy atom. The molecule has 0 spiro atoms. The highest BCUT2D eigenvalue weighted by atomic mass is 32.2. The number of hydrogen-bond acceptors (Lipinski definition) is 4. The van der Waals surface area contributed by atoms with Gasteiger partial charge in [0, 0.05) is 30.1 Å². The van der Waals surface area contributed by atoms with Crippen LogP contribution in [0.25, 0.3) is 0 Å². The minimum absolute atomic E-state index is 0.0187. The molecule has 1 aromatic carbocycles. The lowest BCUT2D eigenvalue weighted by Crippen LogP contribution is -2.44. The molecule has 6 heteroatoms. The van der Waals surface area contributed by atoms with Crippen molar-refractivity contribution in [3.63, 3.8) is 0 Å². The predicted molar refractivity (Wildman–Crippen MR) is 93.1 cm³/mol. The molecule has 2 heterocycles. The first-order valence-electron chi connectivity index (χ1n) is 7.73. The number of benzene rings is 1. The molecule has 1 aliphatic heterocycles. The van der Waals surface area contributed by atoms with Crippen LogP contribution >= 0.6 is 11.3 Å². The van der Waals surface area contributed by atoms with Crippen molar-refractivity contribution in [3.05, 3.63) is 58.3 Å². The molecule has 1 N–H and O–H groups in total. The predicted octanol–water partition coefficient (Wildman–Crippen LogP) is 2.92. The normalized spacial score (nSPS) is 17.9. The van der Waals surface area contributed by atoms with E-state index in [0.717, 1.165) is 18.4 Å². The zero-order chi connectivity index (χ0) is 16.2. The molecule has 0 radical (unpaired) electrons. The van der Waals surface area contributed by atoms with E-state index in [2.05, 4.69) is 10.8 Å². The number of hydrogen-bond donors (Lipinski definition) is 1. The first-order chi connectivity index (χ1) is 11.1. The topological polar surface area (TPSA) is 55.4 Å². The lowest BCUT2D eigenvalue weighted by Gasteiger charge is -2.36. The maximum absolute atomic E-state index is 12.4. The SMILES string of the molecule is O=S(=O)(Cc1ccccc1)NCC1(c2cccs2)CCOCC1. The summed E-state index contributed by atoms with van der Waals surface area (Å²) in [4.78, 5) is 1.24. The Kier molecular flexibility index (Phi) is 5.16. The highest BCUT2D eigenvalue weighted by Crippen LogP contribution is 2.37. The van der Waals surface area contributed by atoms with Crippen LogP contribution in [-0.4, -0.2) is 28.2 Å². The second-order valence-corrected chi connectivity index (χ2v) is 8.69. The third kappa shape index (κ3) is 4.20. The zero-order valence-electron chi connectivity index (χ0n) is 12.9. The van der Waals surface area contributed by atoms with Gasteiger partial charge in [0.05, 0.1) is 5.75 Å². The molecular weight excluding hydrogens is 330 g/mol. The minimum atomic E-state index is -3.35. The summed E-state index contributed by atoms with van der Waals surface area (Å²) in [5.41, 5.74) is 0.660. The van der Waals surface area contributed by atoms with E-state index in [4.69, 9.17) is 4.74 Å². The summed E-state index contributed by atoms with van der Waals surface area (Å²) in [7, 11) is -3.35. The fraction of sp³-hybridized carbons (Fsp3) is 0.412. The van der Waals surface area contributed by atoms with E-state index in [1.807, 2.05) is 41.8 Å². The number of rotatable bonds is 6. The molecule has 1 fully saturated rings. The molecule has 1 aromatic heterocycles. The van der Waals surface area contributed by atoms with Crippen LogP contribution < -0.4 is 4.72 Å². The van der Waals surface area contributed by atoms with Crippen molar-refractivity contribution in [1.29, 1.82) is 0 Å². The van der Waals surface area contributed by atoms with Crippen molar-refractivity contribution in [1.82, 2.24) is 4.72 Å².